The Kier molecular flexibility index (Phi) is 6.09. The van der Waals surface area contributed by atoms with Crippen molar-refractivity contribution in [3.05, 3.63) is 60.2 Å². The molecule has 1 fully saturated rings. The van der Waals surface area contributed by atoms with Crippen molar-refractivity contribution in [2.75, 3.05) is 16.8 Å². The molecule has 0 spiro atoms. The molecule has 0 saturated carbocycles. The van der Waals surface area contributed by atoms with Gasteiger partial charge in [-0.05, 0) is 43.2 Å². The average molecular weight is 380 g/mol. The van der Waals surface area contributed by atoms with Crippen LogP contribution in [0.2, 0.25) is 0 Å². The van der Waals surface area contributed by atoms with Gasteiger partial charge in [0.25, 0.3) is 5.91 Å². The number of amides is 2. The van der Waals surface area contributed by atoms with Gasteiger partial charge in [-0.2, -0.15) is 0 Å². The smallest absolute Gasteiger partial charge is 0.312 e. The number of nitrogens with zero attached hydrogens (tertiary/aromatic N) is 1. The lowest BCUT2D eigenvalue weighted by Crippen LogP contribution is -2.33. The molecule has 1 N–H and O–H groups in total. The topological polar surface area (TPSA) is 75.7 Å². The zero-order valence-corrected chi connectivity index (χ0v) is 16.1. The summed E-state index contributed by atoms with van der Waals surface area (Å²) in [6.07, 6.45) is 0.0636. The Balaban J connectivity index is 1.57. The van der Waals surface area contributed by atoms with Gasteiger partial charge in [-0.3, -0.25) is 14.4 Å². The van der Waals surface area contributed by atoms with Crippen molar-refractivity contribution >= 4 is 29.2 Å². The first-order chi connectivity index (χ1) is 13.5. The van der Waals surface area contributed by atoms with E-state index >= 15 is 0 Å². The largest absolute Gasteiger partial charge is 0.452 e. The monoisotopic (exact) mass is 380 g/mol. The molecule has 1 aliphatic heterocycles. The van der Waals surface area contributed by atoms with Crippen LogP contribution in [-0.2, 0) is 25.5 Å². The van der Waals surface area contributed by atoms with Crippen LogP contribution in [0.25, 0.3) is 0 Å². The molecule has 0 aliphatic carbocycles. The molecular formula is C22H24N2O4. The second kappa shape index (κ2) is 8.69. The number of nitrogens with one attached hydrogen (secondary N) is 1. The summed E-state index contributed by atoms with van der Waals surface area (Å²) in [5.41, 5.74) is 2.59. The molecule has 6 heteroatoms. The molecule has 2 aromatic rings. The first-order valence-corrected chi connectivity index (χ1v) is 9.43. The highest BCUT2D eigenvalue weighted by molar-refractivity contribution is 6.00. The SMILES string of the molecule is CCc1ccc(N2C[C@@H](C(=O)O[C@H](C)C(=O)Nc3ccccc3)CC2=O)cc1. The fraction of sp³-hybridized carbons (Fsp3) is 0.318. The molecule has 1 saturated heterocycles. The number of benzene rings is 2. The van der Waals surface area contributed by atoms with Crippen molar-refractivity contribution in [1.29, 1.82) is 0 Å². The van der Waals surface area contributed by atoms with Gasteiger partial charge in [0, 0.05) is 24.3 Å². The van der Waals surface area contributed by atoms with Crippen LogP contribution in [0.15, 0.2) is 54.6 Å². The summed E-state index contributed by atoms with van der Waals surface area (Å²) >= 11 is 0. The van der Waals surface area contributed by atoms with Crippen molar-refractivity contribution in [2.24, 2.45) is 5.92 Å². The van der Waals surface area contributed by atoms with Gasteiger partial charge < -0.3 is 15.0 Å². The maximum atomic E-state index is 12.5. The Morgan fingerprint density at radius 3 is 2.46 bits per heavy atom. The fourth-order valence-corrected chi connectivity index (χ4v) is 3.12. The number of carbonyl (C=O) groups is 3. The minimum atomic E-state index is -0.944. The van der Waals surface area contributed by atoms with Gasteiger partial charge in [0.15, 0.2) is 6.10 Å². The first-order valence-electron chi connectivity index (χ1n) is 9.43. The lowest BCUT2D eigenvalue weighted by molar-refractivity contribution is -0.157. The third kappa shape index (κ3) is 4.57. The summed E-state index contributed by atoms with van der Waals surface area (Å²) in [4.78, 5) is 38.6. The summed E-state index contributed by atoms with van der Waals surface area (Å²) in [5, 5.41) is 2.70. The number of hydrogen-bond acceptors (Lipinski definition) is 4. The van der Waals surface area contributed by atoms with Gasteiger partial charge in [0.2, 0.25) is 5.91 Å². The van der Waals surface area contributed by atoms with E-state index in [0.717, 1.165) is 12.1 Å². The van der Waals surface area contributed by atoms with E-state index in [1.54, 1.807) is 29.2 Å². The molecule has 6 nitrogen and oxygen atoms in total. The Morgan fingerprint density at radius 1 is 1.14 bits per heavy atom. The van der Waals surface area contributed by atoms with E-state index < -0.39 is 23.9 Å². The number of esters is 1. The zero-order chi connectivity index (χ0) is 20.1. The summed E-state index contributed by atoms with van der Waals surface area (Å²) in [5.74, 6) is -1.63. The van der Waals surface area contributed by atoms with Gasteiger partial charge in [-0.1, -0.05) is 37.3 Å². The van der Waals surface area contributed by atoms with E-state index in [0.29, 0.717) is 5.69 Å². The van der Waals surface area contributed by atoms with Crippen molar-refractivity contribution < 1.29 is 19.1 Å². The van der Waals surface area contributed by atoms with Gasteiger partial charge in [-0.25, -0.2) is 0 Å². The molecule has 0 bridgehead atoms. The molecule has 0 unspecified atom stereocenters. The lowest BCUT2D eigenvalue weighted by atomic mass is 10.1. The molecule has 0 aromatic heterocycles. The average Bonchev–Trinajstić information content (AvgIpc) is 3.10. The predicted octanol–water partition coefficient (Wildman–Crippen LogP) is 3.17. The van der Waals surface area contributed by atoms with E-state index in [1.165, 1.54) is 12.5 Å². The summed E-state index contributed by atoms with van der Waals surface area (Å²) < 4.78 is 5.31. The van der Waals surface area contributed by atoms with Crippen LogP contribution >= 0.6 is 0 Å². The van der Waals surface area contributed by atoms with Gasteiger partial charge >= 0.3 is 5.97 Å². The number of anilines is 2. The second-order valence-corrected chi connectivity index (χ2v) is 6.86. The maximum absolute atomic E-state index is 12.5. The third-order valence-electron chi connectivity index (χ3n) is 4.82. The van der Waals surface area contributed by atoms with Crippen molar-refractivity contribution in [2.45, 2.75) is 32.8 Å². The Hall–Kier alpha value is -3.15. The highest BCUT2D eigenvalue weighted by Crippen LogP contribution is 2.26. The molecule has 0 radical (unpaired) electrons. The summed E-state index contributed by atoms with van der Waals surface area (Å²) in [7, 11) is 0. The predicted molar refractivity (Wildman–Crippen MR) is 107 cm³/mol. The summed E-state index contributed by atoms with van der Waals surface area (Å²) in [6.45, 7) is 3.85. The molecule has 3 rings (SSSR count). The van der Waals surface area contributed by atoms with Crippen LogP contribution in [0.4, 0.5) is 11.4 Å². The Bertz CT molecular complexity index is 849. The second-order valence-electron chi connectivity index (χ2n) is 6.86. The fourth-order valence-electron chi connectivity index (χ4n) is 3.12. The highest BCUT2D eigenvalue weighted by atomic mass is 16.5. The van der Waals surface area contributed by atoms with E-state index in [2.05, 4.69) is 12.2 Å². The van der Waals surface area contributed by atoms with Gasteiger partial charge in [0.1, 0.15) is 0 Å². The van der Waals surface area contributed by atoms with Crippen LogP contribution in [0.3, 0.4) is 0 Å². The van der Waals surface area contributed by atoms with Crippen molar-refractivity contribution in [1.82, 2.24) is 0 Å². The number of hydrogen-bond donors (Lipinski definition) is 1. The van der Waals surface area contributed by atoms with Crippen LogP contribution in [0.1, 0.15) is 25.8 Å². The zero-order valence-electron chi connectivity index (χ0n) is 16.1. The van der Waals surface area contributed by atoms with Crippen LogP contribution in [0, 0.1) is 5.92 Å². The Labute approximate surface area is 164 Å². The lowest BCUT2D eigenvalue weighted by Gasteiger charge is -2.18. The molecule has 28 heavy (non-hydrogen) atoms. The molecule has 2 atom stereocenters. The van der Waals surface area contributed by atoms with Crippen LogP contribution in [-0.4, -0.2) is 30.4 Å². The van der Waals surface area contributed by atoms with Gasteiger partial charge in [0.05, 0.1) is 5.92 Å². The number of para-hydroxylation sites is 1. The van der Waals surface area contributed by atoms with Crippen molar-refractivity contribution in [3.63, 3.8) is 0 Å². The number of ether oxygens (including phenoxy) is 1. The number of carbonyl (C=O) groups excluding carboxylic acids is 3. The molecule has 2 amide bonds. The van der Waals surface area contributed by atoms with Crippen LogP contribution < -0.4 is 10.2 Å². The standard InChI is InChI=1S/C22H24N2O4/c1-3-16-9-11-19(12-10-16)24-14-17(13-20(24)25)22(27)28-15(2)21(26)23-18-7-5-4-6-8-18/h4-12,15,17H,3,13-14H2,1-2H3,(H,23,26)/t15-,17+/m1/s1. The molecule has 146 valence electrons. The first kappa shape index (κ1) is 19.6. The van der Waals surface area contributed by atoms with E-state index in [1.807, 2.05) is 30.3 Å². The van der Waals surface area contributed by atoms with E-state index in [-0.39, 0.29) is 18.9 Å². The van der Waals surface area contributed by atoms with Crippen LogP contribution in [0.5, 0.6) is 0 Å². The van der Waals surface area contributed by atoms with Gasteiger partial charge in [-0.15, -0.1) is 0 Å². The third-order valence-corrected chi connectivity index (χ3v) is 4.82. The molecule has 2 aromatic carbocycles. The highest BCUT2D eigenvalue weighted by Gasteiger charge is 2.37. The van der Waals surface area contributed by atoms with E-state index in [9.17, 15) is 14.4 Å². The maximum Gasteiger partial charge on any atom is 0.312 e. The summed E-state index contributed by atoms with van der Waals surface area (Å²) in [6, 6.07) is 16.7. The molecular weight excluding hydrogens is 356 g/mol. The number of rotatable bonds is 6. The minimum absolute atomic E-state index is 0.0847. The quantitative estimate of drug-likeness (QED) is 0.781. The molecule has 1 heterocycles. The minimum Gasteiger partial charge on any atom is -0.452 e. The Morgan fingerprint density at radius 2 is 1.82 bits per heavy atom. The van der Waals surface area contributed by atoms with E-state index in [4.69, 9.17) is 4.74 Å². The van der Waals surface area contributed by atoms with Crippen molar-refractivity contribution in [3.8, 4) is 0 Å². The molecule has 1 aliphatic rings. The number of aryl methyl sites for hydroxylation is 1. The normalized spacial score (nSPS) is 17.3.